The van der Waals surface area contributed by atoms with Crippen molar-refractivity contribution in [2.24, 2.45) is 0 Å². The summed E-state index contributed by atoms with van der Waals surface area (Å²) in [4.78, 5) is 21.7. The van der Waals surface area contributed by atoms with Gasteiger partial charge in [0.25, 0.3) is 0 Å². The van der Waals surface area contributed by atoms with Gasteiger partial charge >= 0.3 is 5.97 Å². The summed E-state index contributed by atoms with van der Waals surface area (Å²) in [6, 6.07) is -0.784. The Morgan fingerprint density at radius 2 is 1.75 bits per heavy atom. The topological polar surface area (TPSA) is 66.4 Å². The van der Waals surface area contributed by atoms with Crippen LogP contribution in [-0.2, 0) is 9.59 Å². The molecule has 4 nitrogen and oxygen atoms in total. The molecule has 0 fully saturated rings. The van der Waals surface area contributed by atoms with Crippen LogP contribution in [0.3, 0.4) is 0 Å². The molecule has 2 N–H and O–H groups in total. The second-order valence-electron chi connectivity index (χ2n) is 3.79. The third kappa shape index (κ3) is 10.5. The summed E-state index contributed by atoms with van der Waals surface area (Å²) in [5.74, 6) is -1.16. The van der Waals surface area contributed by atoms with Crippen LogP contribution < -0.4 is 5.32 Å². The van der Waals surface area contributed by atoms with Crippen molar-refractivity contribution >= 4 is 41.4 Å². The van der Waals surface area contributed by atoms with Crippen LogP contribution in [0.5, 0.6) is 0 Å². The Hall–Kier alpha value is -0.0600. The fraction of sp³-hybridized carbons (Fsp3) is 0.818. The van der Waals surface area contributed by atoms with Crippen molar-refractivity contribution in [3.05, 3.63) is 0 Å². The molecule has 0 saturated carbocycles. The van der Waals surface area contributed by atoms with E-state index < -0.39 is 12.0 Å². The van der Waals surface area contributed by atoms with E-state index >= 15 is 0 Å². The van der Waals surface area contributed by atoms with Gasteiger partial charge in [0.1, 0.15) is 6.04 Å². The first kappa shape index (κ1) is 18.3. The fourth-order valence-electron chi connectivity index (χ4n) is 1.26. The molecular formula is C11H21NNaO3. The molecular weight excluding hydrogens is 217 g/mol. The van der Waals surface area contributed by atoms with Gasteiger partial charge < -0.3 is 10.4 Å². The zero-order valence-corrected chi connectivity index (χ0v) is 12.6. The second-order valence-corrected chi connectivity index (χ2v) is 3.79. The zero-order chi connectivity index (χ0) is 11.7. The number of carbonyl (C=O) groups excluding carboxylic acids is 1. The average Bonchev–Trinajstić information content (AvgIpc) is 2.17. The molecule has 0 heterocycles. The van der Waals surface area contributed by atoms with E-state index in [1.54, 1.807) is 0 Å². The summed E-state index contributed by atoms with van der Waals surface area (Å²) in [6.07, 6.45) is 5.86. The Balaban J connectivity index is 0. The number of amides is 1. The summed E-state index contributed by atoms with van der Waals surface area (Å²) in [7, 11) is 0. The Labute approximate surface area is 119 Å². The smallest absolute Gasteiger partial charge is 0.325 e. The fourth-order valence-corrected chi connectivity index (χ4v) is 1.26. The molecule has 0 aliphatic carbocycles. The van der Waals surface area contributed by atoms with Crippen LogP contribution in [-0.4, -0.2) is 52.6 Å². The minimum atomic E-state index is -0.991. The largest absolute Gasteiger partial charge is 0.480 e. The van der Waals surface area contributed by atoms with Crippen LogP contribution in [0.25, 0.3) is 0 Å². The molecule has 0 aliphatic heterocycles. The third-order valence-electron chi connectivity index (χ3n) is 2.26. The van der Waals surface area contributed by atoms with Crippen molar-refractivity contribution in [2.75, 3.05) is 0 Å². The number of hydrogen-bond acceptors (Lipinski definition) is 2. The minimum Gasteiger partial charge on any atom is -0.480 e. The molecule has 0 aromatic heterocycles. The van der Waals surface area contributed by atoms with E-state index in [1.807, 2.05) is 0 Å². The van der Waals surface area contributed by atoms with Gasteiger partial charge in [-0.2, -0.15) is 0 Å². The number of unbranched alkanes of at least 4 members (excludes halogenated alkanes) is 4. The van der Waals surface area contributed by atoms with Gasteiger partial charge in [-0.1, -0.05) is 32.6 Å². The number of carboxylic acids is 1. The van der Waals surface area contributed by atoms with Gasteiger partial charge in [0.2, 0.25) is 5.91 Å². The van der Waals surface area contributed by atoms with E-state index in [-0.39, 0.29) is 35.5 Å². The van der Waals surface area contributed by atoms with Gasteiger partial charge in [-0.25, -0.2) is 0 Å². The van der Waals surface area contributed by atoms with Crippen molar-refractivity contribution in [2.45, 2.75) is 58.4 Å². The Bertz CT molecular complexity index is 209. The average molecular weight is 238 g/mol. The van der Waals surface area contributed by atoms with Gasteiger partial charge in [-0.05, 0) is 13.3 Å². The quantitative estimate of drug-likeness (QED) is 0.498. The van der Waals surface area contributed by atoms with Gasteiger partial charge in [-0.15, -0.1) is 0 Å². The molecule has 16 heavy (non-hydrogen) atoms. The van der Waals surface area contributed by atoms with E-state index in [1.165, 1.54) is 19.8 Å². The molecule has 1 amide bonds. The Kier molecular flexibility index (Phi) is 13.1. The molecule has 0 unspecified atom stereocenters. The van der Waals surface area contributed by atoms with E-state index in [4.69, 9.17) is 5.11 Å². The maximum atomic E-state index is 11.2. The molecule has 1 radical (unpaired) electrons. The number of rotatable bonds is 8. The zero-order valence-electron chi connectivity index (χ0n) is 10.6. The number of carbonyl (C=O) groups is 2. The van der Waals surface area contributed by atoms with Crippen LogP contribution in [0.15, 0.2) is 0 Å². The Morgan fingerprint density at radius 1 is 1.19 bits per heavy atom. The monoisotopic (exact) mass is 238 g/mol. The second kappa shape index (κ2) is 11.4. The maximum Gasteiger partial charge on any atom is 0.325 e. The van der Waals surface area contributed by atoms with Crippen LogP contribution in [0, 0.1) is 0 Å². The Morgan fingerprint density at radius 3 is 2.25 bits per heavy atom. The van der Waals surface area contributed by atoms with E-state index in [0.717, 1.165) is 19.3 Å². The molecule has 0 aliphatic rings. The van der Waals surface area contributed by atoms with Crippen molar-refractivity contribution in [1.82, 2.24) is 5.32 Å². The van der Waals surface area contributed by atoms with Gasteiger partial charge in [0.15, 0.2) is 0 Å². The van der Waals surface area contributed by atoms with Gasteiger partial charge in [0.05, 0.1) is 0 Å². The maximum absolute atomic E-state index is 11.2. The van der Waals surface area contributed by atoms with E-state index in [0.29, 0.717) is 6.42 Å². The number of nitrogens with one attached hydrogen (secondary N) is 1. The van der Waals surface area contributed by atoms with Crippen LogP contribution in [0.2, 0.25) is 0 Å². The molecule has 0 aromatic rings. The summed E-state index contributed by atoms with van der Waals surface area (Å²) >= 11 is 0. The first-order valence-corrected chi connectivity index (χ1v) is 5.60. The predicted molar refractivity (Wildman–Crippen MR) is 64.4 cm³/mol. The molecule has 0 saturated heterocycles. The molecule has 89 valence electrons. The SMILES string of the molecule is CCCCCCCC(=O)N[C@@H](C)C(=O)O.[Na]. The van der Waals surface area contributed by atoms with Crippen molar-refractivity contribution in [3.8, 4) is 0 Å². The number of aliphatic carboxylic acids is 1. The summed E-state index contributed by atoms with van der Waals surface area (Å²) in [5, 5.41) is 11.0. The standard InChI is InChI=1S/C11H21NO3.Na/c1-3-4-5-6-7-8-10(13)12-9(2)11(14)15;/h9H,3-8H2,1-2H3,(H,12,13)(H,14,15);/t9-;/m0./s1. The van der Waals surface area contributed by atoms with Crippen molar-refractivity contribution < 1.29 is 14.7 Å². The van der Waals surface area contributed by atoms with Gasteiger partial charge in [0, 0.05) is 36.0 Å². The number of hydrogen-bond donors (Lipinski definition) is 2. The minimum absolute atomic E-state index is 0. The molecule has 0 bridgehead atoms. The molecule has 0 aromatic carbocycles. The van der Waals surface area contributed by atoms with Crippen LogP contribution >= 0.6 is 0 Å². The van der Waals surface area contributed by atoms with E-state index in [2.05, 4.69) is 12.2 Å². The number of carboxylic acid groups (broad SMARTS) is 1. The molecule has 0 spiro atoms. The van der Waals surface area contributed by atoms with Gasteiger partial charge in [-0.3, -0.25) is 9.59 Å². The molecule has 0 rings (SSSR count). The van der Waals surface area contributed by atoms with Crippen LogP contribution in [0.1, 0.15) is 52.4 Å². The molecule has 1 atom stereocenters. The predicted octanol–water partition coefficient (Wildman–Crippen LogP) is 1.56. The van der Waals surface area contributed by atoms with Crippen molar-refractivity contribution in [3.63, 3.8) is 0 Å². The summed E-state index contributed by atoms with van der Waals surface area (Å²) in [6.45, 7) is 3.61. The first-order valence-electron chi connectivity index (χ1n) is 5.60. The normalized spacial score (nSPS) is 11.4. The third-order valence-corrected chi connectivity index (χ3v) is 2.26. The van der Waals surface area contributed by atoms with Crippen molar-refractivity contribution in [1.29, 1.82) is 0 Å². The van der Waals surface area contributed by atoms with Crippen LogP contribution in [0.4, 0.5) is 0 Å². The van der Waals surface area contributed by atoms with E-state index in [9.17, 15) is 9.59 Å². The summed E-state index contributed by atoms with van der Waals surface area (Å²) < 4.78 is 0. The summed E-state index contributed by atoms with van der Waals surface area (Å²) in [5.41, 5.74) is 0. The molecule has 5 heteroatoms. The first-order chi connectivity index (χ1) is 7.07.